The standard InChI is InChI=1S/C20H21Cl2FN4O3S/c1-31(29,30)27(10-16-4-2-15(9-23)3-5-16)12-20(28,11-26-14-24-13-25-26)18-7-6-17(21)8-19(18)22/h2-8,13-14,28H,9-12H2,1H3. The molecule has 1 atom stereocenters. The summed E-state index contributed by atoms with van der Waals surface area (Å²) in [6, 6.07) is 11.1. The summed E-state index contributed by atoms with van der Waals surface area (Å²) >= 11 is 12.3. The van der Waals surface area contributed by atoms with E-state index in [0.717, 1.165) is 10.6 Å². The molecular weight excluding hydrogens is 466 g/mol. The highest BCUT2D eigenvalue weighted by atomic mass is 35.5. The zero-order valence-corrected chi connectivity index (χ0v) is 18.9. The number of rotatable bonds is 9. The first-order chi connectivity index (χ1) is 14.6. The van der Waals surface area contributed by atoms with Crippen LogP contribution in [-0.4, -0.2) is 45.4 Å². The minimum absolute atomic E-state index is 0.0176. The molecule has 166 valence electrons. The Morgan fingerprint density at radius 1 is 1.16 bits per heavy atom. The molecule has 0 radical (unpaired) electrons. The predicted molar refractivity (Wildman–Crippen MR) is 117 cm³/mol. The molecule has 0 spiro atoms. The zero-order valence-electron chi connectivity index (χ0n) is 16.6. The van der Waals surface area contributed by atoms with Crippen molar-refractivity contribution in [3.63, 3.8) is 0 Å². The number of benzene rings is 2. The summed E-state index contributed by atoms with van der Waals surface area (Å²) < 4.78 is 40.5. The fraction of sp³-hybridized carbons (Fsp3) is 0.300. The van der Waals surface area contributed by atoms with Gasteiger partial charge >= 0.3 is 0 Å². The topological polar surface area (TPSA) is 88.3 Å². The molecule has 11 heteroatoms. The molecule has 0 saturated carbocycles. The number of hydrogen-bond donors (Lipinski definition) is 1. The van der Waals surface area contributed by atoms with Gasteiger partial charge in [0.25, 0.3) is 0 Å². The first kappa shape index (κ1) is 23.6. The molecule has 0 aliphatic carbocycles. The molecular formula is C20H21Cl2FN4O3S. The van der Waals surface area contributed by atoms with Gasteiger partial charge in [-0.3, -0.25) is 0 Å². The Bertz CT molecular complexity index is 1130. The summed E-state index contributed by atoms with van der Waals surface area (Å²) in [6.45, 7) is -1.03. The van der Waals surface area contributed by atoms with E-state index in [1.807, 2.05) is 0 Å². The lowest BCUT2D eigenvalue weighted by Gasteiger charge is -2.34. The first-order valence-electron chi connectivity index (χ1n) is 9.20. The van der Waals surface area contributed by atoms with Crippen LogP contribution in [-0.2, 0) is 35.4 Å². The van der Waals surface area contributed by atoms with Crippen LogP contribution in [0.4, 0.5) is 4.39 Å². The number of alkyl halides is 1. The van der Waals surface area contributed by atoms with Crippen LogP contribution in [0.25, 0.3) is 0 Å². The van der Waals surface area contributed by atoms with Crippen LogP contribution in [0.5, 0.6) is 0 Å². The Kier molecular flexibility index (Phi) is 7.33. The Hall–Kier alpha value is -2.04. The molecule has 0 fully saturated rings. The van der Waals surface area contributed by atoms with Gasteiger partial charge in [0, 0.05) is 28.7 Å². The molecule has 3 rings (SSSR count). The van der Waals surface area contributed by atoms with Gasteiger partial charge in [0.1, 0.15) is 24.9 Å². The Labute approximate surface area is 190 Å². The van der Waals surface area contributed by atoms with Crippen LogP contribution < -0.4 is 0 Å². The quantitative estimate of drug-likeness (QED) is 0.500. The lowest BCUT2D eigenvalue weighted by molar-refractivity contribution is -0.00251. The van der Waals surface area contributed by atoms with Crippen molar-refractivity contribution in [2.75, 3.05) is 12.8 Å². The SMILES string of the molecule is CS(=O)(=O)N(Cc1ccc(CF)cc1)CC(O)(Cn1cncn1)c1ccc(Cl)cc1Cl. The second-order valence-electron chi connectivity index (χ2n) is 7.23. The van der Waals surface area contributed by atoms with E-state index in [1.165, 1.54) is 23.4 Å². The van der Waals surface area contributed by atoms with E-state index >= 15 is 0 Å². The maximum absolute atomic E-state index is 12.8. The summed E-state index contributed by atoms with van der Waals surface area (Å²) in [5.74, 6) is 0. The fourth-order valence-electron chi connectivity index (χ4n) is 3.19. The molecule has 7 nitrogen and oxygen atoms in total. The monoisotopic (exact) mass is 486 g/mol. The fourth-order valence-corrected chi connectivity index (χ4v) is 4.61. The minimum atomic E-state index is -3.74. The van der Waals surface area contributed by atoms with E-state index in [9.17, 15) is 17.9 Å². The summed E-state index contributed by atoms with van der Waals surface area (Å²) in [7, 11) is -3.74. The van der Waals surface area contributed by atoms with Crippen molar-refractivity contribution in [3.05, 3.63) is 81.9 Å². The maximum atomic E-state index is 12.8. The van der Waals surface area contributed by atoms with Crippen molar-refractivity contribution in [1.29, 1.82) is 0 Å². The van der Waals surface area contributed by atoms with Crippen molar-refractivity contribution in [2.24, 2.45) is 0 Å². The predicted octanol–water partition coefficient (Wildman–Crippen LogP) is 3.40. The molecule has 3 aromatic rings. The van der Waals surface area contributed by atoms with E-state index in [2.05, 4.69) is 10.1 Å². The maximum Gasteiger partial charge on any atom is 0.211 e. The summed E-state index contributed by atoms with van der Waals surface area (Å²) in [5, 5.41) is 16.2. The van der Waals surface area contributed by atoms with E-state index in [4.69, 9.17) is 23.2 Å². The van der Waals surface area contributed by atoms with Crippen LogP contribution >= 0.6 is 23.2 Å². The van der Waals surface area contributed by atoms with Gasteiger partial charge < -0.3 is 5.11 Å². The molecule has 2 aromatic carbocycles. The third kappa shape index (κ3) is 6.02. The largest absolute Gasteiger partial charge is 0.382 e. The van der Waals surface area contributed by atoms with Crippen LogP contribution in [0, 0.1) is 0 Å². The third-order valence-electron chi connectivity index (χ3n) is 4.77. The highest BCUT2D eigenvalue weighted by molar-refractivity contribution is 7.88. The normalized spacial score (nSPS) is 14.0. The van der Waals surface area contributed by atoms with Gasteiger partial charge in [-0.1, -0.05) is 53.5 Å². The molecule has 1 aromatic heterocycles. The van der Waals surface area contributed by atoms with Crippen molar-refractivity contribution < 1.29 is 17.9 Å². The molecule has 0 aliphatic heterocycles. The minimum Gasteiger partial charge on any atom is -0.382 e. The smallest absolute Gasteiger partial charge is 0.211 e. The average Bonchev–Trinajstić information content (AvgIpc) is 3.20. The third-order valence-corrected chi connectivity index (χ3v) is 6.51. The number of sulfonamides is 1. The van der Waals surface area contributed by atoms with Gasteiger partial charge in [-0.25, -0.2) is 22.5 Å². The van der Waals surface area contributed by atoms with Crippen molar-refractivity contribution >= 4 is 33.2 Å². The number of hydrogen-bond acceptors (Lipinski definition) is 5. The number of nitrogens with zero attached hydrogens (tertiary/aromatic N) is 4. The van der Waals surface area contributed by atoms with Gasteiger partial charge in [-0.15, -0.1) is 0 Å². The van der Waals surface area contributed by atoms with Crippen molar-refractivity contribution in [2.45, 2.75) is 25.4 Å². The Morgan fingerprint density at radius 3 is 2.39 bits per heavy atom. The van der Waals surface area contributed by atoms with E-state index in [-0.39, 0.29) is 24.7 Å². The molecule has 0 saturated heterocycles. The van der Waals surface area contributed by atoms with Crippen LogP contribution in [0.3, 0.4) is 0 Å². The average molecular weight is 487 g/mol. The first-order valence-corrected chi connectivity index (χ1v) is 11.8. The highest BCUT2D eigenvalue weighted by Gasteiger charge is 2.37. The van der Waals surface area contributed by atoms with Crippen molar-refractivity contribution in [3.8, 4) is 0 Å². The van der Waals surface area contributed by atoms with Gasteiger partial charge in [-0.2, -0.15) is 9.40 Å². The van der Waals surface area contributed by atoms with Gasteiger partial charge in [0.05, 0.1) is 12.8 Å². The van der Waals surface area contributed by atoms with Crippen LogP contribution in [0.1, 0.15) is 16.7 Å². The number of aliphatic hydroxyl groups is 1. The molecule has 0 aliphatic rings. The summed E-state index contributed by atoms with van der Waals surface area (Å²) in [5.41, 5.74) is -0.300. The molecule has 1 N–H and O–H groups in total. The highest BCUT2D eigenvalue weighted by Crippen LogP contribution is 2.33. The van der Waals surface area contributed by atoms with Crippen LogP contribution in [0.2, 0.25) is 10.0 Å². The second kappa shape index (κ2) is 9.62. The summed E-state index contributed by atoms with van der Waals surface area (Å²) in [4.78, 5) is 3.87. The van der Waals surface area contributed by atoms with E-state index < -0.39 is 22.3 Å². The molecule has 31 heavy (non-hydrogen) atoms. The molecule has 1 heterocycles. The second-order valence-corrected chi connectivity index (χ2v) is 10.1. The van der Waals surface area contributed by atoms with Gasteiger partial charge in [0.15, 0.2) is 0 Å². The summed E-state index contributed by atoms with van der Waals surface area (Å²) in [6.07, 6.45) is 3.78. The Balaban J connectivity index is 1.99. The zero-order chi connectivity index (χ0) is 22.6. The van der Waals surface area contributed by atoms with Crippen molar-refractivity contribution in [1.82, 2.24) is 19.1 Å². The lowest BCUT2D eigenvalue weighted by atomic mass is 9.93. The lowest BCUT2D eigenvalue weighted by Crippen LogP contribution is -2.46. The van der Waals surface area contributed by atoms with E-state index in [1.54, 1.807) is 36.4 Å². The molecule has 1 unspecified atom stereocenters. The molecule has 0 amide bonds. The van der Waals surface area contributed by atoms with Crippen LogP contribution in [0.15, 0.2) is 55.1 Å². The van der Waals surface area contributed by atoms with Gasteiger partial charge in [0.2, 0.25) is 10.0 Å². The molecule has 0 bridgehead atoms. The Morgan fingerprint density at radius 2 is 1.84 bits per heavy atom. The number of halogens is 3. The van der Waals surface area contributed by atoms with Gasteiger partial charge in [-0.05, 0) is 23.3 Å². The van der Waals surface area contributed by atoms with E-state index in [0.29, 0.717) is 21.7 Å². The number of aromatic nitrogens is 3.